The van der Waals surface area contributed by atoms with Gasteiger partial charge in [0.05, 0.1) is 10.6 Å². The first-order valence-corrected chi connectivity index (χ1v) is 8.33. The van der Waals surface area contributed by atoms with Gasteiger partial charge in [-0.25, -0.2) is 9.79 Å². The van der Waals surface area contributed by atoms with E-state index in [1.54, 1.807) is 24.3 Å². The highest BCUT2D eigenvalue weighted by atomic mass is 35.5. The van der Waals surface area contributed by atoms with Crippen LogP contribution >= 0.6 is 23.2 Å². The zero-order chi connectivity index (χ0) is 17.4. The van der Waals surface area contributed by atoms with E-state index in [1.807, 2.05) is 42.5 Å². The van der Waals surface area contributed by atoms with E-state index in [9.17, 15) is 4.79 Å². The van der Waals surface area contributed by atoms with Crippen LogP contribution < -0.4 is 0 Å². The number of halogens is 2. The van der Waals surface area contributed by atoms with Crippen molar-refractivity contribution >= 4 is 51.9 Å². The molecule has 0 unspecified atom stereocenters. The van der Waals surface area contributed by atoms with Crippen molar-refractivity contribution in [3.05, 3.63) is 87.5 Å². The fraction of sp³-hybridized carbons (Fsp3) is 0. The summed E-state index contributed by atoms with van der Waals surface area (Å²) < 4.78 is 5.28. The lowest BCUT2D eigenvalue weighted by molar-refractivity contribution is -0.129. The molecule has 0 spiro atoms. The SMILES string of the molecule is O=C1OC(c2ccc(Cl)cc2Cl)=N/C1=C/c1cccc2ccccc12. The quantitative estimate of drug-likeness (QED) is 0.443. The van der Waals surface area contributed by atoms with Gasteiger partial charge >= 0.3 is 5.97 Å². The Balaban J connectivity index is 1.78. The lowest BCUT2D eigenvalue weighted by Crippen LogP contribution is -2.05. The summed E-state index contributed by atoms with van der Waals surface area (Å²) in [7, 11) is 0. The Hall–Kier alpha value is -2.62. The molecule has 0 saturated carbocycles. The van der Waals surface area contributed by atoms with Gasteiger partial charge in [0.1, 0.15) is 0 Å². The average Bonchev–Trinajstić information content (AvgIpc) is 2.95. The third-order valence-electron chi connectivity index (χ3n) is 3.90. The van der Waals surface area contributed by atoms with Crippen LogP contribution in [0, 0.1) is 0 Å². The first-order chi connectivity index (χ1) is 12.1. The summed E-state index contributed by atoms with van der Waals surface area (Å²) >= 11 is 12.1. The van der Waals surface area contributed by atoms with Crippen molar-refractivity contribution in [1.82, 2.24) is 0 Å². The van der Waals surface area contributed by atoms with Crippen LogP contribution in [0.5, 0.6) is 0 Å². The molecule has 122 valence electrons. The van der Waals surface area contributed by atoms with Gasteiger partial charge < -0.3 is 4.74 Å². The van der Waals surface area contributed by atoms with Crippen molar-refractivity contribution in [1.29, 1.82) is 0 Å². The maximum absolute atomic E-state index is 12.2. The number of carbonyl (C=O) groups is 1. The van der Waals surface area contributed by atoms with Gasteiger partial charge in [0.2, 0.25) is 5.90 Å². The van der Waals surface area contributed by atoms with Crippen LogP contribution in [0.2, 0.25) is 10.0 Å². The minimum atomic E-state index is -0.506. The van der Waals surface area contributed by atoms with Crippen LogP contribution in [-0.4, -0.2) is 11.9 Å². The second-order valence-electron chi connectivity index (χ2n) is 5.53. The standard InChI is InChI=1S/C20H11Cl2NO2/c21-14-8-9-16(17(22)11-14)19-23-18(20(24)25-19)10-13-6-3-5-12-4-1-2-7-15(12)13/h1-11H/b18-10+. The molecule has 3 aromatic rings. The number of nitrogens with zero attached hydrogens (tertiary/aromatic N) is 1. The Morgan fingerprint density at radius 3 is 2.60 bits per heavy atom. The highest BCUT2D eigenvalue weighted by Crippen LogP contribution is 2.27. The number of hydrogen-bond acceptors (Lipinski definition) is 3. The van der Waals surface area contributed by atoms with Crippen LogP contribution in [0.25, 0.3) is 16.8 Å². The van der Waals surface area contributed by atoms with Gasteiger partial charge in [-0.2, -0.15) is 0 Å². The molecule has 1 aliphatic heterocycles. The number of esters is 1. The second-order valence-corrected chi connectivity index (χ2v) is 6.37. The molecule has 25 heavy (non-hydrogen) atoms. The van der Waals surface area contributed by atoms with Crippen molar-refractivity contribution in [2.75, 3.05) is 0 Å². The zero-order valence-corrected chi connectivity index (χ0v) is 14.4. The molecule has 0 saturated heterocycles. The number of cyclic esters (lactones) is 1. The molecule has 0 amide bonds. The molecule has 5 heteroatoms. The maximum Gasteiger partial charge on any atom is 0.363 e. The third kappa shape index (κ3) is 3.04. The summed E-state index contributed by atoms with van der Waals surface area (Å²) in [6.45, 7) is 0. The summed E-state index contributed by atoms with van der Waals surface area (Å²) in [6.07, 6.45) is 1.72. The summed E-state index contributed by atoms with van der Waals surface area (Å²) in [5.41, 5.74) is 1.66. The van der Waals surface area contributed by atoms with E-state index < -0.39 is 5.97 Å². The Labute approximate surface area is 154 Å². The predicted octanol–water partition coefficient (Wildman–Crippen LogP) is 5.49. The van der Waals surface area contributed by atoms with Gasteiger partial charge in [0.25, 0.3) is 0 Å². The molecule has 4 rings (SSSR count). The monoisotopic (exact) mass is 367 g/mol. The van der Waals surface area contributed by atoms with E-state index in [-0.39, 0.29) is 11.6 Å². The Morgan fingerprint density at radius 2 is 1.76 bits per heavy atom. The van der Waals surface area contributed by atoms with E-state index in [0.29, 0.717) is 15.6 Å². The highest BCUT2D eigenvalue weighted by molar-refractivity contribution is 6.37. The maximum atomic E-state index is 12.2. The molecule has 0 aromatic heterocycles. The van der Waals surface area contributed by atoms with Crippen LogP contribution in [0.1, 0.15) is 11.1 Å². The number of aliphatic imine (C=N–C) groups is 1. The Kier molecular flexibility index (Phi) is 4.04. The minimum absolute atomic E-state index is 0.179. The van der Waals surface area contributed by atoms with E-state index in [2.05, 4.69) is 4.99 Å². The normalized spacial score (nSPS) is 15.5. The fourth-order valence-corrected chi connectivity index (χ4v) is 3.20. The van der Waals surface area contributed by atoms with Crippen LogP contribution in [0.3, 0.4) is 0 Å². The molecule has 0 bridgehead atoms. The Bertz CT molecular complexity index is 1060. The average molecular weight is 368 g/mol. The van der Waals surface area contributed by atoms with Gasteiger partial charge in [0.15, 0.2) is 5.70 Å². The van der Waals surface area contributed by atoms with Gasteiger partial charge in [-0.1, -0.05) is 65.7 Å². The predicted molar refractivity (Wildman–Crippen MR) is 101 cm³/mol. The van der Waals surface area contributed by atoms with Crippen molar-refractivity contribution in [3.8, 4) is 0 Å². The molecule has 0 radical (unpaired) electrons. The number of fused-ring (bicyclic) bond motifs is 1. The van der Waals surface area contributed by atoms with Crippen molar-refractivity contribution in [2.24, 2.45) is 4.99 Å². The van der Waals surface area contributed by atoms with Crippen molar-refractivity contribution < 1.29 is 9.53 Å². The topological polar surface area (TPSA) is 38.7 Å². The second kappa shape index (κ2) is 6.36. The molecule has 1 heterocycles. The number of hydrogen-bond donors (Lipinski definition) is 0. The molecule has 3 aromatic carbocycles. The van der Waals surface area contributed by atoms with E-state index in [1.165, 1.54) is 0 Å². The number of rotatable bonds is 2. The summed E-state index contributed by atoms with van der Waals surface area (Å²) in [6, 6.07) is 18.8. The van der Waals surface area contributed by atoms with E-state index >= 15 is 0 Å². The third-order valence-corrected chi connectivity index (χ3v) is 4.45. The van der Waals surface area contributed by atoms with Crippen LogP contribution in [0.4, 0.5) is 0 Å². The lowest BCUT2D eigenvalue weighted by Gasteiger charge is -2.02. The van der Waals surface area contributed by atoms with Gasteiger partial charge in [0, 0.05) is 5.02 Å². The summed E-state index contributed by atoms with van der Waals surface area (Å²) in [5.74, 6) is -0.327. The molecule has 0 fully saturated rings. The fourth-order valence-electron chi connectivity index (χ4n) is 2.71. The zero-order valence-electron chi connectivity index (χ0n) is 12.9. The highest BCUT2D eigenvalue weighted by Gasteiger charge is 2.25. The first-order valence-electron chi connectivity index (χ1n) is 7.57. The molecular formula is C20H11Cl2NO2. The molecule has 1 aliphatic rings. The molecule has 0 N–H and O–H groups in total. The number of benzene rings is 3. The first kappa shape index (κ1) is 15.9. The molecule has 0 aliphatic carbocycles. The van der Waals surface area contributed by atoms with Crippen LogP contribution in [-0.2, 0) is 9.53 Å². The Morgan fingerprint density at radius 1 is 0.960 bits per heavy atom. The smallest absolute Gasteiger partial charge is 0.363 e. The number of ether oxygens (including phenoxy) is 1. The van der Waals surface area contributed by atoms with Crippen molar-refractivity contribution in [3.63, 3.8) is 0 Å². The lowest BCUT2D eigenvalue weighted by atomic mass is 10.0. The van der Waals surface area contributed by atoms with Gasteiger partial charge in [-0.3, -0.25) is 0 Å². The number of carbonyl (C=O) groups excluding carboxylic acids is 1. The summed E-state index contributed by atoms with van der Waals surface area (Å²) in [5, 5.41) is 3.02. The van der Waals surface area contributed by atoms with Gasteiger partial charge in [-0.15, -0.1) is 0 Å². The van der Waals surface area contributed by atoms with Crippen molar-refractivity contribution in [2.45, 2.75) is 0 Å². The molecule has 3 nitrogen and oxygen atoms in total. The van der Waals surface area contributed by atoms with Gasteiger partial charge in [-0.05, 0) is 40.6 Å². The minimum Gasteiger partial charge on any atom is -0.402 e. The van der Waals surface area contributed by atoms with Crippen LogP contribution in [0.15, 0.2) is 71.4 Å². The molecular weight excluding hydrogens is 357 g/mol. The summed E-state index contributed by atoms with van der Waals surface area (Å²) in [4.78, 5) is 16.5. The van der Waals surface area contributed by atoms with E-state index in [4.69, 9.17) is 27.9 Å². The van der Waals surface area contributed by atoms with E-state index in [0.717, 1.165) is 16.3 Å². The largest absolute Gasteiger partial charge is 0.402 e. The molecule has 0 atom stereocenters.